The first-order valence-electron chi connectivity index (χ1n) is 4.27. The zero-order chi connectivity index (χ0) is 10.3. The van der Waals surface area contributed by atoms with Gasteiger partial charge < -0.3 is 5.11 Å². The molecule has 0 radical (unpaired) electrons. The fraction of sp³-hybridized carbons (Fsp3) is 0.300. The molecule has 0 amide bonds. The van der Waals surface area contributed by atoms with Crippen LogP contribution in [0.15, 0.2) is 22.7 Å². The van der Waals surface area contributed by atoms with Crippen LogP contribution in [0, 0.1) is 11.7 Å². The van der Waals surface area contributed by atoms with Crippen molar-refractivity contribution >= 4 is 21.9 Å². The lowest BCUT2D eigenvalue weighted by Crippen LogP contribution is -1.99. The number of rotatable bonds is 2. The van der Waals surface area contributed by atoms with Gasteiger partial charge in [0.1, 0.15) is 5.82 Å². The minimum absolute atomic E-state index is 0.00454. The van der Waals surface area contributed by atoms with E-state index in [2.05, 4.69) is 15.9 Å². The third-order valence-corrected chi connectivity index (χ3v) is 3.12. The topological polar surface area (TPSA) is 37.3 Å². The molecular weight excluding hydrogens is 251 g/mol. The highest BCUT2D eigenvalue weighted by Gasteiger charge is 2.44. The van der Waals surface area contributed by atoms with Gasteiger partial charge in [-0.25, -0.2) is 4.39 Å². The predicted octanol–water partition coefficient (Wildman–Crippen LogP) is 2.78. The van der Waals surface area contributed by atoms with Crippen LogP contribution < -0.4 is 0 Å². The molecule has 0 bridgehead atoms. The molecule has 0 aliphatic heterocycles. The monoisotopic (exact) mass is 258 g/mol. The minimum atomic E-state index is -0.793. The number of carbonyl (C=O) groups is 1. The van der Waals surface area contributed by atoms with Gasteiger partial charge in [-0.1, -0.05) is 6.07 Å². The van der Waals surface area contributed by atoms with Crippen molar-refractivity contribution in [2.45, 2.75) is 12.3 Å². The van der Waals surface area contributed by atoms with E-state index in [9.17, 15) is 9.18 Å². The second-order valence-corrected chi connectivity index (χ2v) is 4.31. The SMILES string of the molecule is O=C(O)[C@H]1C[C@@H]1c1ccc(Br)c(F)c1. The summed E-state index contributed by atoms with van der Waals surface area (Å²) in [5.74, 6) is -1.46. The lowest BCUT2D eigenvalue weighted by molar-refractivity contribution is -0.138. The van der Waals surface area contributed by atoms with E-state index in [4.69, 9.17) is 5.11 Å². The number of carboxylic acid groups (broad SMARTS) is 1. The third-order valence-electron chi connectivity index (χ3n) is 2.48. The largest absolute Gasteiger partial charge is 0.481 e. The van der Waals surface area contributed by atoms with E-state index in [1.54, 1.807) is 12.1 Å². The molecule has 0 aromatic heterocycles. The quantitative estimate of drug-likeness (QED) is 0.886. The normalized spacial score (nSPS) is 24.7. The zero-order valence-electron chi connectivity index (χ0n) is 7.21. The second kappa shape index (κ2) is 3.35. The summed E-state index contributed by atoms with van der Waals surface area (Å²) < 4.78 is 13.5. The molecule has 0 heterocycles. The first kappa shape index (κ1) is 9.65. The highest BCUT2D eigenvalue weighted by molar-refractivity contribution is 9.10. The van der Waals surface area contributed by atoms with E-state index < -0.39 is 5.97 Å². The molecule has 0 spiro atoms. The Labute approximate surface area is 88.9 Å². The standard InChI is InChI=1S/C10H8BrFO2/c11-8-2-1-5(3-9(8)12)6-4-7(6)10(13)14/h1-3,6-7H,4H2,(H,13,14)/t6-,7+/m1/s1. The lowest BCUT2D eigenvalue weighted by Gasteiger charge is -2.00. The van der Waals surface area contributed by atoms with E-state index in [1.807, 2.05) is 0 Å². The summed E-state index contributed by atoms with van der Waals surface area (Å²) in [6, 6.07) is 4.78. The van der Waals surface area contributed by atoms with Gasteiger partial charge in [-0.3, -0.25) is 4.79 Å². The number of carboxylic acids is 1. The molecule has 2 rings (SSSR count). The molecule has 4 heteroatoms. The highest BCUT2D eigenvalue weighted by atomic mass is 79.9. The van der Waals surface area contributed by atoms with Crippen molar-refractivity contribution in [2.24, 2.45) is 5.92 Å². The minimum Gasteiger partial charge on any atom is -0.481 e. The van der Waals surface area contributed by atoms with Crippen molar-refractivity contribution in [1.82, 2.24) is 0 Å². The molecule has 1 aromatic rings. The number of benzene rings is 1. The molecule has 74 valence electrons. The zero-order valence-corrected chi connectivity index (χ0v) is 8.79. The molecule has 1 saturated carbocycles. The van der Waals surface area contributed by atoms with Crippen LogP contribution in [0.1, 0.15) is 17.9 Å². The van der Waals surface area contributed by atoms with Crippen molar-refractivity contribution in [2.75, 3.05) is 0 Å². The van der Waals surface area contributed by atoms with E-state index in [0.717, 1.165) is 5.56 Å². The van der Waals surface area contributed by atoms with Crippen molar-refractivity contribution in [1.29, 1.82) is 0 Å². The van der Waals surface area contributed by atoms with Gasteiger partial charge in [-0.15, -0.1) is 0 Å². The molecule has 1 fully saturated rings. The molecule has 0 unspecified atom stereocenters. The molecule has 0 saturated heterocycles. The Bertz CT molecular complexity index is 392. The van der Waals surface area contributed by atoms with Crippen LogP contribution in [-0.4, -0.2) is 11.1 Å². The average Bonchev–Trinajstić information content (AvgIpc) is 2.89. The fourth-order valence-corrected chi connectivity index (χ4v) is 1.83. The van der Waals surface area contributed by atoms with E-state index in [-0.39, 0.29) is 17.7 Å². The maximum atomic E-state index is 13.1. The Hall–Kier alpha value is -0.900. The number of aliphatic carboxylic acids is 1. The summed E-state index contributed by atoms with van der Waals surface area (Å²) in [6.07, 6.45) is 0.621. The first-order chi connectivity index (χ1) is 6.59. The summed E-state index contributed by atoms with van der Waals surface area (Å²) in [5.41, 5.74) is 0.776. The van der Waals surface area contributed by atoms with Crippen LogP contribution in [0.5, 0.6) is 0 Å². The summed E-state index contributed by atoms with van der Waals surface area (Å²) in [6.45, 7) is 0. The fourth-order valence-electron chi connectivity index (χ4n) is 1.58. The Morgan fingerprint density at radius 1 is 1.57 bits per heavy atom. The molecule has 1 N–H and O–H groups in total. The lowest BCUT2D eigenvalue weighted by atomic mass is 10.1. The Morgan fingerprint density at radius 3 is 2.79 bits per heavy atom. The Morgan fingerprint density at radius 2 is 2.29 bits per heavy atom. The van der Waals surface area contributed by atoms with Crippen LogP contribution in [0.2, 0.25) is 0 Å². The molecule has 1 aliphatic carbocycles. The number of halogens is 2. The smallest absolute Gasteiger partial charge is 0.307 e. The Balaban J connectivity index is 2.20. The summed E-state index contributed by atoms with van der Waals surface area (Å²) in [5, 5.41) is 8.71. The highest BCUT2D eigenvalue weighted by Crippen LogP contribution is 2.47. The van der Waals surface area contributed by atoms with Crippen molar-refractivity contribution in [3.05, 3.63) is 34.1 Å². The maximum absolute atomic E-state index is 13.1. The number of hydrogen-bond donors (Lipinski definition) is 1. The molecule has 1 aromatic carbocycles. The first-order valence-corrected chi connectivity index (χ1v) is 5.06. The predicted molar refractivity (Wildman–Crippen MR) is 52.6 cm³/mol. The van der Waals surface area contributed by atoms with Gasteiger partial charge in [0.15, 0.2) is 0 Å². The van der Waals surface area contributed by atoms with Gasteiger partial charge >= 0.3 is 5.97 Å². The van der Waals surface area contributed by atoms with Gasteiger partial charge in [0.25, 0.3) is 0 Å². The van der Waals surface area contributed by atoms with Gasteiger partial charge in [0.2, 0.25) is 0 Å². The van der Waals surface area contributed by atoms with E-state index in [0.29, 0.717) is 10.9 Å². The third kappa shape index (κ3) is 1.66. The van der Waals surface area contributed by atoms with Crippen molar-refractivity contribution in [3.63, 3.8) is 0 Å². The summed E-state index contributed by atoms with van der Waals surface area (Å²) >= 11 is 3.05. The Kier molecular flexibility index (Phi) is 2.31. The second-order valence-electron chi connectivity index (χ2n) is 3.46. The van der Waals surface area contributed by atoms with Crippen LogP contribution >= 0.6 is 15.9 Å². The van der Waals surface area contributed by atoms with Gasteiger partial charge in [0, 0.05) is 0 Å². The number of hydrogen-bond acceptors (Lipinski definition) is 1. The van der Waals surface area contributed by atoms with Gasteiger partial charge in [-0.2, -0.15) is 0 Å². The van der Waals surface area contributed by atoms with Gasteiger partial charge in [-0.05, 0) is 46.0 Å². The molecule has 14 heavy (non-hydrogen) atoms. The molecule has 1 aliphatic rings. The van der Waals surface area contributed by atoms with Gasteiger partial charge in [0.05, 0.1) is 10.4 Å². The summed E-state index contributed by atoms with van der Waals surface area (Å²) in [7, 11) is 0. The van der Waals surface area contributed by atoms with Crippen LogP contribution in [0.4, 0.5) is 4.39 Å². The molecular formula is C10H8BrFO2. The van der Waals surface area contributed by atoms with Crippen LogP contribution in [0.25, 0.3) is 0 Å². The molecule has 2 atom stereocenters. The van der Waals surface area contributed by atoms with Crippen molar-refractivity contribution in [3.8, 4) is 0 Å². The van der Waals surface area contributed by atoms with Crippen LogP contribution in [-0.2, 0) is 4.79 Å². The average molecular weight is 259 g/mol. The van der Waals surface area contributed by atoms with Crippen LogP contribution in [0.3, 0.4) is 0 Å². The van der Waals surface area contributed by atoms with E-state index >= 15 is 0 Å². The molecule has 2 nitrogen and oxygen atoms in total. The van der Waals surface area contributed by atoms with Crippen molar-refractivity contribution < 1.29 is 14.3 Å². The summed E-state index contributed by atoms with van der Waals surface area (Å²) in [4.78, 5) is 10.6. The maximum Gasteiger partial charge on any atom is 0.307 e. The van der Waals surface area contributed by atoms with E-state index in [1.165, 1.54) is 6.07 Å².